The summed E-state index contributed by atoms with van der Waals surface area (Å²) in [7, 11) is 0. The molecule has 2 aliphatic rings. The second-order valence-electron chi connectivity index (χ2n) is 9.98. The van der Waals surface area contributed by atoms with Crippen molar-refractivity contribution in [3.05, 3.63) is 77.2 Å². The smallest absolute Gasteiger partial charge is 0.261 e. The van der Waals surface area contributed by atoms with E-state index < -0.39 is 0 Å². The van der Waals surface area contributed by atoms with Gasteiger partial charge in [-0.2, -0.15) is 0 Å². The number of rotatable bonds is 9. The van der Waals surface area contributed by atoms with Crippen LogP contribution >= 0.6 is 11.3 Å². The molecule has 190 valence electrons. The summed E-state index contributed by atoms with van der Waals surface area (Å²) in [6.45, 7) is 6.06. The average Bonchev–Trinajstić information content (AvgIpc) is 3.42. The van der Waals surface area contributed by atoms with Crippen LogP contribution in [0.5, 0.6) is 5.75 Å². The van der Waals surface area contributed by atoms with Gasteiger partial charge in [0.1, 0.15) is 11.9 Å². The Balaban J connectivity index is 1.08. The van der Waals surface area contributed by atoms with E-state index in [1.807, 2.05) is 30.3 Å². The number of carbonyl (C=O) groups excluding carboxylic acids is 1. The maximum Gasteiger partial charge on any atom is 0.261 e. The molecular weight excluding hydrogens is 466 g/mol. The van der Waals surface area contributed by atoms with E-state index >= 15 is 0 Å². The quantitative estimate of drug-likeness (QED) is 0.400. The zero-order valence-electron chi connectivity index (χ0n) is 21.0. The number of piperidine rings is 2. The Bertz CT molecular complexity index is 1100. The van der Waals surface area contributed by atoms with Crippen LogP contribution in [0.15, 0.2) is 66.7 Å². The Morgan fingerprint density at radius 3 is 2.50 bits per heavy atom. The standard InChI is InChI=1S/C30H37N3O2S/c34-30(32-19-12-23-15-20-33(21-16-23)22-24-6-2-1-3-7-24)29-11-10-28(36-29)26-8-4-5-9-27(26)35-25-13-17-31-18-14-25/h1-11,23,25,31H,12-22H2,(H,32,34). The van der Waals surface area contributed by atoms with Crippen molar-refractivity contribution in [3.8, 4) is 16.2 Å². The van der Waals surface area contributed by atoms with E-state index in [0.29, 0.717) is 5.92 Å². The fraction of sp³-hybridized carbons (Fsp3) is 0.433. The van der Waals surface area contributed by atoms with Crippen molar-refractivity contribution in [2.24, 2.45) is 5.92 Å². The van der Waals surface area contributed by atoms with E-state index in [2.05, 4.69) is 51.9 Å². The van der Waals surface area contributed by atoms with E-state index in [1.165, 1.54) is 18.4 Å². The molecule has 6 heteroatoms. The molecule has 5 nitrogen and oxygen atoms in total. The third kappa shape index (κ3) is 6.75. The molecule has 36 heavy (non-hydrogen) atoms. The summed E-state index contributed by atoms with van der Waals surface area (Å²) in [6, 6.07) is 22.9. The molecule has 2 N–H and O–H groups in total. The van der Waals surface area contributed by atoms with Crippen molar-refractivity contribution in [2.75, 3.05) is 32.7 Å². The largest absolute Gasteiger partial charge is 0.490 e. The van der Waals surface area contributed by atoms with Gasteiger partial charge in [-0.3, -0.25) is 9.69 Å². The predicted molar refractivity (Wildman–Crippen MR) is 148 cm³/mol. The minimum atomic E-state index is 0.0320. The van der Waals surface area contributed by atoms with Gasteiger partial charge in [0, 0.05) is 23.5 Å². The number of ether oxygens (including phenoxy) is 1. The SMILES string of the molecule is O=C(NCCC1CCN(Cc2ccccc2)CC1)c1ccc(-c2ccccc2OC2CCNCC2)s1. The Morgan fingerprint density at radius 1 is 0.944 bits per heavy atom. The highest BCUT2D eigenvalue weighted by atomic mass is 32.1. The van der Waals surface area contributed by atoms with Crippen molar-refractivity contribution in [3.63, 3.8) is 0 Å². The maximum absolute atomic E-state index is 12.8. The lowest BCUT2D eigenvalue weighted by Gasteiger charge is -2.32. The Morgan fingerprint density at radius 2 is 1.69 bits per heavy atom. The van der Waals surface area contributed by atoms with Crippen molar-refractivity contribution < 1.29 is 9.53 Å². The molecule has 2 aromatic carbocycles. The number of hydrogen-bond donors (Lipinski definition) is 2. The normalized spacial score (nSPS) is 17.7. The third-order valence-corrected chi connectivity index (χ3v) is 8.47. The number of nitrogens with zero attached hydrogens (tertiary/aromatic N) is 1. The molecule has 2 saturated heterocycles. The van der Waals surface area contributed by atoms with Gasteiger partial charge in [-0.1, -0.05) is 42.5 Å². The summed E-state index contributed by atoms with van der Waals surface area (Å²) in [6.07, 6.45) is 5.77. The molecule has 0 radical (unpaired) electrons. The molecule has 3 heterocycles. The van der Waals surface area contributed by atoms with Crippen LogP contribution in [0, 0.1) is 5.92 Å². The van der Waals surface area contributed by atoms with Crippen LogP contribution in [0.1, 0.15) is 47.3 Å². The van der Waals surface area contributed by atoms with Crippen LogP contribution in [-0.2, 0) is 6.54 Å². The Hall–Kier alpha value is -2.67. The summed E-state index contributed by atoms with van der Waals surface area (Å²) in [5.41, 5.74) is 2.46. The van der Waals surface area contributed by atoms with Crippen molar-refractivity contribution in [1.82, 2.24) is 15.5 Å². The van der Waals surface area contributed by atoms with Gasteiger partial charge < -0.3 is 15.4 Å². The molecule has 0 unspecified atom stereocenters. The van der Waals surface area contributed by atoms with Crippen LogP contribution in [0.2, 0.25) is 0 Å². The molecular formula is C30H37N3O2S. The summed E-state index contributed by atoms with van der Waals surface area (Å²) >= 11 is 1.55. The monoisotopic (exact) mass is 503 g/mol. The molecule has 5 rings (SSSR count). The highest BCUT2D eigenvalue weighted by Gasteiger charge is 2.20. The molecule has 2 fully saturated rings. The van der Waals surface area contributed by atoms with Gasteiger partial charge in [-0.25, -0.2) is 0 Å². The second kappa shape index (κ2) is 12.5. The Labute approximate surface area is 218 Å². The van der Waals surface area contributed by atoms with Gasteiger partial charge in [-0.05, 0) is 94.0 Å². The molecule has 3 aromatic rings. The van der Waals surface area contributed by atoms with Gasteiger partial charge in [0.2, 0.25) is 0 Å². The number of amides is 1. The fourth-order valence-corrected chi connectivity index (χ4v) is 6.17. The van der Waals surface area contributed by atoms with Gasteiger partial charge in [0.15, 0.2) is 0 Å². The number of para-hydroxylation sites is 1. The molecule has 0 aliphatic carbocycles. The van der Waals surface area contributed by atoms with Crippen LogP contribution < -0.4 is 15.4 Å². The lowest BCUT2D eigenvalue weighted by Crippen LogP contribution is -2.34. The zero-order chi connectivity index (χ0) is 24.6. The fourth-order valence-electron chi connectivity index (χ4n) is 5.22. The lowest BCUT2D eigenvalue weighted by molar-refractivity contribution is 0.0951. The summed E-state index contributed by atoms with van der Waals surface area (Å²) in [4.78, 5) is 17.2. The first-order valence-corrected chi connectivity index (χ1v) is 14.2. The van der Waals surface area contributed by atoms with Gasteiger partial charge >= 0.3 is 0 Å². The van der Waals surface area contributed by atoms with Crippen LogP contribution in [0.3, 0.4) is 0 Å². The van der Waals surface area contributed by atoms with Gasteiger partial charge in [0.05, 0.1) is 4.88 Å². The number of hydrogen-bond acceptors (Lipinski definition) is 5. The van der Waals surface area contributed by atoms with E-state index in [4.69, 9.17) is 4.74 Å². The van der Waals surface area contributed by atoms with Gasteiger partial charge in [0.25, 0.3) is 5.91 Å². The molecule has 1 amide bonds. The minimum Gasteiger partial charge on any atom is -0.490 e. The van der Waals surface area contributed by atoms with E-state index in [0.717, 1.165) is 79.6 Å². The number of nitrogens with one attached hydrogen (secondary N) is 2. The summed E-state index contributed by atoms with van der Waals surface area (Å²) in [5, 5.41) is 6.55. The molecule has 0 spiro atoms. The van der Waals surface area contributed by atoms with Crippen LogP contribution in [0.25, 0.3) is 10.4 Å². The number of likely N-dealkylation sites (tertiary alicyclic amines) is 1. The van der Waals surface area contributed by atoms with E-state index in [1.54, 1.807) is 11.3 Å². The average molecular weight is 504 g/mol. The number of carbonyl (C=O) groups is 1. The zero-order valence-corrected chi connectivity index (χ0v) is 21.8. The topological polar surface area (TPSA) is 53.6 Å². The van der Waals surface area contributed by atoms with Gasteiger partial charge in [-0.15, -0.1) is 11.3 Å². The highest BCUT2D eigenvalue weighted by Crippen LogP contribution is 2.36. The lowest BCUT2D eigenvalue weighted by atomic mass is 9.93. The van der Waals surface area contributed by atoms with Crippen molar-refractivity contribution in [2.45, 2.75) is 44.8 Å². The number of thiophene rings is 1. The van der Waals surface area contributed by atoms with E-state index in [-0.39, 0.29) is 12.0 Å². The summed E-state index contributed by atoms with van der Waals surface area (Å²) in [5.74, 6) is 1.64. The minimum absolute atomic E-state index is 0.0320. The third-order valence-electron chi connectivity index (χ3n) is 7.36. The molecule has 1 aromatic heterocycles. The summed E-state index contributed by atoms with van der Waals surface area (Å²) < 4.78 is 6.35. The first kappa shape index (κ1) is 25.0. The highest BCUT2D eigenvalue weighted by molar-refractivity contribution is 7.17. The number of benzene rings is 2. The predicted octanol–water partition coefficient (Wildman–Crippen LogP) is 5.58. The molecule has 0 atom stereocenters. The van der Waals surface area contributed by atoms with Crippen LogP contribution in [0.4, 0.5) is 0 Å². The first-order valence-electron chi connectivity index (χ1n) is 13.4. The van der Waals surface area contributed by atoms with Crippen LogP contribution in [-0.4, -0.2) is 49.6 Å². The second-order valence-corrected chi connectivity index (χ2v) is 11.1. The molecule has 2 aliphatic heterocycles. The first-order chi connectivity index (χ1) is 17.7. The maximum atomic E-state index is 12.8. The molecule has 0 bridgehead atoms. The van der Waals surface area contributed by atoms with Crippen molar-refractivity contribution >= 4 is 17.2 Å². The van der Waals surface area contributed by atoms with Crippen molar-refractivity contribution in [1.29, 1.82) is 0 Å². The molecule has 0 saturated carbocycles. The Kier molecular flexibility index (Phi) is 8.70. The van der Waals surface area contributed by atoms with E-state index in [9.17, 15) is 4.79 Å².